The lowest BCUT2D eigenvalue weighted by atomic mass is 10.1. The van der Waals surface area contributed by atoms with Gasteiger partial charge >= 0.3 is 0 Å². The minimum absolute atomic E-state index is 0.214. The highest BCUT2D eigenvalue weighted by Crippen LogP contribution is 2.27. The van der Waals surface area contributed by atoms with Crippen LogP contribution in [0.1, 0.15) is 20.7 Å². The van der Waals surface area contributed by atoms with Gasteiger partial charge in [0.15, 0.2) is 0 Å². The van der Waals surface area contributed by atoms with Crippen LogP contribution in [0.15, 0.2) is 114 Å². The largest absolute Gasteiger partial charge is 0.416 e. The van der Waals surface area contributed by atoms with E-state index in [1.807, 2.05) is 36.4 Å². The molecule has 6 rings (SSSR count). The molecule has 2 amide bonds. The maximum atomic E-state index is 12.8. The van der Waals surface area contributed by atoms with Gasteiger partial charge in [-0.1, -0.05) is 30.3 Å². The van der Waals surface area contributed by atoms with E-state index in [2.05, 4.69) is 20.8 Å². The van der Waals surface area contributed by atoms with Crippen molar-refractivity contribution >= 4 is 45.3 Å². The normalized spacial score (nSPS) is 10.8. The van der Waals surface area contributed by atoms with Gasteiger partial charge in [0.05, 0.1) is 21.5 Å². The van der Waals surface area contributed by atoms with Crippen molar-refractivity contribution in [3.63, 3.8) is 0 Å². The summed E-state index contributed by atoms with van der Waals surface area (Å²) in [6.45, 7) is 0. The van der Waals surface area contributed by atoms with E-state index in [9.17, 15) is 29.8 Å². The molecule has 6 aromatic rings. The van der Waals surface area contributed by atoms with Crippen LogP contribution in [0.5, 0.6) is 0 Å². The van der Waals surface area contributed by atoms with Crippen molar-refractivity contribution in [3.05, 3.63) is 141 Å². The number of carbonyl (C=O) groups excluding carboxylic acids is 2. The van der Waals surface area contributed by atoms with Crippen molar-refractivity contribution < 1.29 is 23.9 Å². The van der Waals surface area contributed by atoms with Gasteiger partial charge in [-0.05, 0) is 71.4 Å². The quantitative estimate of drug-likeness (QED) is 0.139. The lowest BCUT2D eigenvalue weighted by Crippen LogP contribution is -2.12. The second-order valence-electron chi connectivity index (χ2n) is 9.79. The molecular weight excluding hydrogens is 580 g/mol. The van der Waals surface area contributed by atoms with Gasteiger partial charge in [0.1, 0.15) is 0 Å². The number of hydrogen-bond acceptors (Lipinski definition) is 9. The van der Waals surface area contributed by atoms with Gasteiger partial charge in [-0.2, -0.15) is 0 Å². The molecule has 220 valence electrons. The number of non-ortho nitro benzene ring substituents is 2. The molecule has 45 heavy (non-hydrogen) atoms. The maximum Gasteiger partial charge on any atom is 0.277 e. The number of fused-ring (bicyclic) bond motifs is 1. The van der Waals surface area contributed by atoms with E-state index in [0.29, 0.717) is 28.1 Å². The van der Waals surface area contributed by atoms with E-state index in [1.54, 1.807) is 54.6 Å². The number of nitro benzene ring substituents is 2. The molecule has 0 saturated carbocycles. The Hall–Kier alpha value is -6.76. The number of nitrogens with one attached hydrogen (secondary N) is 2. The van der Waals surface area contributed by atoms with E-state index in [4.69, 9.17) is 4.42 Å². The van der Waals surface area contributed by atoms with E-state index in [-0.39, 0.29) is 23.3 Å². The van der Waals surface area contributed by atoms with Crippen molar-refractivity contribution in [2.24, 2.45) is 0 Å². The summed E-state index contributed by atoms with van der Waals surface area (Å²) < 4.78 is 5.82. The number of carbonyl (C=O) groups is 2. The Morgan fingerprint density at radius 3 is 1.58 bits per heavy atom. The van der Waals surface area contributed by atoms with Gasteiger partial charge in [-0.25, -0.2) is 0 Å². The number of rotatable bonds is 8. The van der Waals surface area contributed by atoms with E-state index in [1.165, 1.54) is 0 Å². The fourth-order valence-electron chi connectivity index (χ4n) is 4.52. The molecule has 2 N–H and O–H groups in total. The van der Waals surface area contributed by atoms with Crippen LogP contribution >= 0.6 is 0 Å². The molecule has 0 spiro atoms. The van der Waals surface area contributed by atoms with Crippen LogP contribution in [0.2, 0.25) is 0 Å². The standard InChI is InChI=1S/C32H20N6O7/c39-29(23-6-5-19-3-1-2-4-22(19)15-23)33-25-11-7-20(8-12-25)31-35-36-32(45-31)21-9-13-26(14-10-21)34-30(40)24-16-27(37(41)42)18-28(17-24)38(43)44/h1-18H,(H,33,39)(H,34,40). The van der Waals surface area contributed by atoms with Crippen LogP contribution in [0.4, 0.5) is 22.7 Å². The average molecular weight is 601 g/mol. The summed E-state index contributed by atoms with van der Waals surface area (Å²) in [6, 6.07) is 29.3. The molecular formula is C32H20N6O7. The summed E-state index contributed by atoms with van der Waals surface area (Å²) in [7, 11) is 0. The third kappa shape index (κ3) is 6.22. The Balaban J connectivity index is 1.11. The van der Waals surface area contributed by atoms with Gasteiger partial charge in [-0.15, -0.1) is 10.2 Å². The molecule has 0 fully saturated rings. The summed E-state index contributed by atoms with van der Waals surface area (Å²) in [5.74, 6) is -0.529. The highest BCUT2D eigenvalue weighted by Gasteiger charge is 2.20. The molecule has 0 aliphatic rings. The maximum absolute atomic E-state index is 12.8. The predicted molar refractivity (Wildman–Crippen MR) is 165 cm³/mol. The second-order valence-corrected chi connectivity index (χ2v) is 9.79. The van der Waals surface area contributed by atoms with Crippen LogP contribution in [0, 0.1) is 20.2 Å². The fourth-order valence-corrected chi connectivity index (χ4v) is 4.52. The monoisotopic (exact) mass is 600 g/mol. The first-order chi connectivity index (χ1) is 21.7. The zero-order valence-electron chi connectivity index (χ0n) is 23.0. The molecule has 5 aromatic carbocycles. The minimum atomic E-state index is -0.809. The summed E-state index contributed by atoms with van der Waals surface area (Å²) in [6.07, 6.45) is 0. The third-order valence-corrected chi connectivity index (χ3v) is 6.80. The molecule has 0 atom stereocenters. The molecule has 0 aliphatic heterocycles. The Bertz CT molecular complexity index is 2080. The van der Waals surface area contributed by atoms with E-state index in [0.717, 1.165) is 29.0 Å². The smallest absolute Gasteiger partial charge is 0.277 e. The van der Waals surface area contributed by atoms with Gasteiger partial charge in [-0.3, -0.25) is 29.8 Å². The number of nitro groups is 2. The molecule has 0 aliphatic carbocycles. The van der Waals surface area contributed by atoms with E-state index < -0.39 is 27.1 Å². The van der Waals surface area contributed by atoms with Crippen molar-refractivity contribution in [1.82, 2.24) is 10.2 Å². The topological polar surface area (TPSA) is 183 Å². The first-order valence-corrected chi connectivity index (χ1v) is 13.3. The van der Waals surface area contributed by atoms with Crippen molar-refractivity contribution in [2.75, 3.05) is 10.6 Å². The third-order valence-electron chi connectivity index (χ3n) is 6.80. The predicted octanol–water partition coefficient (Wildman–Crippen LogP) is 6.88. The van der Waals surface area contributed by atoms with E-state index >= 15 is 0 Å². The molecule has 13 heteroatoms. The summed E-state index contributed by atoms with van der Waals surface area (Å²) >= 11 is 0. The summed E-state index contributed by atoms with van der Waals surface area (Å²) in [5.41, 5.74) is 1.27. The second kappa shape index (κ2) is 11.9. The van der Waals surface area contributed by atoms with Crippen LogP contribution in [-0.4, -0.2) is 31.9 Å². The Labute approximate surface area is 253 Å². The number of benzene rings is 5. The molecule has 0 bridgehead atoms. The molecule has 0 unspecified atom stereocenters. The molecule has 1 heterocycles. The van der Waals surface area contributed by atoms with Crippen LogP contribution in [0.25, 0.3) is 33.7 Å². The number of aromatic nitrogens is 2. The van der Waals surface area contributed by atoms with Crippen LogP contribution in [-0.2, 0) is 0 Å². The van der Waals surface area contributed by atoms with Gasteiger partial charge in [0.25, 0.3) is 23.2 Å². The van der Waals surface area contributed by atoms with Crippen LogP contribution in [0.3, 0.4) is 0 Å². The highest BCUT2D eigenvalue weighted by atomic mass is 16.6. The zero-order valence-corrected chi connectivity index (χ0v) is 23.0. The SMILES string of the molecule is O=C(Nc1ccc(-c2nnc(-c3ccc(NC(=O)c4ccc5ccccc5c4)cc3)o2)cc1)c1cc([N+](=O)[O-])cc([N+](=O)[O-])c1. The minimum Gasteiger partial charge on any atom is -0.416 e. The number of nitrogens with zero attached hydrogens (tertiary/aromatic N) is 4. The Morgan fingerprint density at radius 1 is 0.578 bits per heavy atom. The van der Waals surface area contributed by atoms with Crippen molar-refractivity contribution in [2.45, 2.75) is 0 Å². The van der Waals surface area contributed by atoms with Gasteiger partial charge < -0.3 is 15.1 Å². The zero-order chi connectivity index (χ0) is 31.5. The fraction of sp³-hybridized carbons (Fsp3) is 0. The Morgan fingerprint density at radius 2 is 1.07 bits per heavy atom. The Kier molecular flexibility index (Phi) is 7.47. The average Bonchev–Trinajstić information content (AvgIpc) is 3.55. The van der Waals surface area contributed by atoms with Gasteiger partial charge in [0, 0.05) is 40.2 Å². The van der Waals surface area contributed by atoms with Crippen LogP contribution < -0.4 is 10.6 Å². The van der Waals surface area contributed by atoms with Crippen molar-refractivity contribution in [1.29, 1.82) is 0 Å². The van der Waals surface area contributed by atoms with Gasteiger partial charge in [0.2, 0.25) is 11.8 Å². The summed E-state index contributed by atoms with van der Waals surface area (Å²) in [5, 5.41) is 37.9. The highest BCUT2D eigenvalue weighted by molar-refractivity contribution is 6.06. The summed E-state index contributed by atoms with van der Waals surface area (Å²) in [4.78, 5) is 46.1. The first kappa shape index (κ1) is 28.4. The number of hydrogen-bond donors (Lipinski definition) is 2. The lowest BCUT2D eigenvalue weighted by molar-refractivity contribution is -0.394. The molecule has 0 radical (unpaired) electrons. The molecule has 1 aromatic heterocycles. The first-order valence-electron chi connectivity index (χ1n) is 13.3. The van der Waals surface area contributed by atoms with Crippen molar-refractivity contribution in [3.8, 4) is 22.9 Å². The number of amides is 2. The molecule has 13 nitrogen and oxygen atoms in total. The lowest BCUT2D eigenvalue weighted by Gasteiger charge is -2.07. The number of anilines is 2. The molecule has 0 saturated heterocycles.